The summed E-state index contributed by atoms with van der Waals surface area (Å²) >= 11 is 0. The SMILES string of the molecule is CCCc1nnc(N2CCC(O)(Cc3cc(-c4ccccc4)no3)CC2)o1. The summed E-state index contributed by atoms with van der Waals surface area (Å²) < 4.78 is 11.2. The summed E-state index contributed by atoms with van der Waals surface area (Å²) in [6.07, 6.45) is 3.44. The van der Waals surface area contributed by atoms with Gasteiger partial charge in [0, 0.05) is 37.6 Å². The zero-order valence-electron chi connectivity index (χ0n) is 15.5. The number of aromatic nitrogens is 3. The molecular formula is C20H24N4O3. The van der Waals surface area contributed by atoms with Gasteiger partial charge in [-0.05, 0) is 19.3 Å². The summed E-state index contributed by atoms with van der Waals surface area (Å²) in [4.78, 5) is 2.04. The zero-order valence-corrected chi connectivity index (χ0v) is 15.5. The van der Waals surface area contributed by atoms with Crippen LogP contribution in [0.3, 0.4) is 0 Å². The average Bonchev–Trinajstić information content (AvgIpc) is 3.33. The lowest BCUT2D eigenvalue weighted by Crippen LogP contribution is -2.45. The highest BCUT2D eigenvalue weighted by Crippen LogP contribution is 2.30. The van der Waals surface area contributed by atoms with Crippen LogP contribution >= 0.6 is 0 Å². The first-order chi connectivity index (χ1) is 13.1. The first kappa shape index (κ1) is 17.7. The van der Waals surface area contributed by atoms with Crippen LogP contribution < -0.4 is 4.90 Å². The minimum absolute atomic E-state index is 0.450. The summed E-state index contributed by atoms with van der Waals surface area (Å²) in [5.74, 6) is 1.37. The van der Waals surface area contributed by atoms with Gasteiger partial charge in [0.2, 0.25) is 5.89 Å². The van der Waals surface area contributed by atoms with Gasteiger partial charge in [-0.1, -0.05) is 47.5 Å². The molecule has 7 heteroatoms. The van der Waals surface area contributed by atoms with E-state index < -0.39 is 5.60 Å². The maximum atomic E-state index is 11.0. The predicted octanol–water partition coefficient (Wildman–Crippen LogP) is 3.25. The van der Waals surface area contributed by atoms with Crippen molar-refractivity contribution in [3.05, 3.63) is 48.0 Å². The molecule has 0 amide bonds. The molecule has 1 N–H and O–H groups in total. The van der Waals surface area contributed by atoms with Crippen LogP contribution in [0.4, 0.5) is 6.01 Å². The summed E-state index contributed by atoms with van der Waals surface area (Å²) in [6, 6.07) is 12.3. The van der Waals surface area contributed by atoms with Crippen molar-refractivity contribution in [3.8, 4) is 11.3 Å². The summed E-state index contributed by atoms with van der Waals surface area (Å²) in [7, 11) is 0. The van der Waals surface area contributed by atoms with Crippen molar-refractivity contribution in [2.24, 2.45) is 0 Å². The quantitative estimate of drug-likeness (QED) is 0.714. The van der Waals surface area contributed by atoms with Gasteiger partial charge in [-0.15, -0.1) is 5.10 Å². The number of hydrogen-bond acceptors (Lipinski definition) is 7. The fourth-order valence-electron chi connectivity index (χ4n) is 3.44. The lowest BCUT2D eigenvalue weighted by molar-refractivity contribution is 0.0102. The Labute approximate surface area is 158 Å². The molecular weight excluding hydrogens is 344 g/mol. The molecule has 1 aliphatic heterocycles. The van der Waals surface area contributed by atoms with Crippen LogP contribution in [0.15, 0.2) is 45.3 Å². The summed E-state index contributed by atoms with van der Waals surface area (Å²) in [5, 5.41) is 23.3. The van der Waals surface area contributed by atoms with Crippen molar-refractivity contribution in [3.63, 3.8) is 0 Å². The van der Waals surface area contributed by atoms with E-state index in [-0.39, 0.29) is 0 Å². The smallest absolute Gasteiger partial charge is 0.318 e. The van der Waals surface area contributed by atoms with Crippen molar-refractivity contribution >= 4 is 6.01 Å². The number of hydrogen-bond donors (Lipinski definition) is 1. The third-order valence-electron chi connectivity index (χ3n) is 5.02. The monoisotopic (exact) mass is 368 g/mol. The molecule has 0 saturated carbocycles. The largest absolute Gasteiger partial charge is 0.408 e. The van der Waals surface area contributed by atoms with Crippen LogP contribution in [-0.4, -0.2) is 39.2 Å². The Morgan fingerprint density at radius 1 is 1.15 bits per heavy atom. The topological polar surface area (TPSA) is 88.4 Å². The molecule has 142 valence electrons. The van der Waals surface area contributed by atoms with Crippen molar-refractivity contribution in [1.82, 2.24) is 15.4 Å². The number of aryl methyl sites for hydroxylation is 1. The number of nitrogens with zero attached hydrogens (tertiary/aromatic N) is 4. The molecule has 1 aromatic carbocycles. The van der Waals surface area contributed by atoms with E-state index in [0.29, 0.717) is 50.0 Å². The van der Waals surface area contributed by atoms with Crippen LogP contribution in [0.2, 0.25) is 0 Å². The molecule has 0 radical (unpaired) electrons. The van der Waals surface area contributed by atoms with Gasteiger partial charge in [-0.3, -0.25) is 0 Å². The van der Waals surface area contributed by atoms with Gasteiger partial charge in [-0.25, -0.2) is 0 Å². The number of anilines is 1. The Hall–Kier alpha value is -2.67. The molecule has 0 bridgehead atoms. The van der Waals surface area contributed by atoms with E-state index in [2.05, 4.69) is 22.3 Å². The van der Waals surface area contributed by atoms with Crippen molar-refractivity contribution in [2.45, 2.75) is 44.6 Å². The number of piperidine rings is 1. The second-order valence-corrected chi connectivity index (χ2v) is 7.16. The van der Waals surface area contributed by atoms with Gasteiger partial charge < -0.3 is 18.9 Å². The Morgan fingerprint density at radius 3 is 2.67 bits per heavy atom. The second-order valence-electron chi connectivity index (χ2n) is 7.16. The highest BCUT2D eigenvalue weighted by Gasteiger charge is 2.35. The molecule has 4 rings (SSSR count). The predicted molar refractivity (Wildman–Crippen MR) is 100 cm³/mol. The van der Waals surface area contributed by atoms with Gasteiger partial charge in [-0.2, -0.15) is 0 Å². The first-order valence-electron chi connectivity index (χ1n) is 9.46. The molecule has 1 aliphatic rings. The maximum absolute atomic E-state index is 11.0. The van der Waals surface area contributed by atoms with Crippen LogP contribution in [0.1, 0.15) is 37.8 Å². The molecule has 3 heterocycles. The average molecular weight is 368 g/mol. The Balaban J connectivity index is 1.37. The third-order valence-corrected chi connectivity index (χ3v) is 5.02. The molecule has 0 unspecified atom stereocenters. The zero-order chi connectivity index (χ0) is 18.7. The Kier molecular flexibility index (Phi) is 4.94. The fourth-order valence-corrected chi connectivity index (χ4v) is 3.44. The van der Waals surface area contributed by atoms with Gasteiger partial charge in [0.1, 0.15) is 11.5 Å². The highest BCUT2D eigenvalue weighted by atomic mass is 16.5. The summed E-state index contributed by atoms with van der Waals surface area (Å²) in [5.41, 5.74) is 0.991. The lowest BCUT2D eigenvalue weighted by Gasteiger charge is -2.36. The van der Waals surface area contributed by atoms with Gasteiger partial charge in [0.15, 0.2) is 0 Å². The van der Waals surface area contributed by atoms with E-state index in [1.165, 1.54) is 0 Å². The van der Waals surface area contributed by atoms with Gasteiger partial charge in [0.05, 0.1) is 5.60 Å². The van der Waals surface area contributed by atoms with Crippen LogP contribution in [0, 0.1) is 0 Å². The Morgan fingerprint density at radius 2 is 1.93 bits per heavy atom. The maximum Gasteiger partial charge on any atom is 0.318 e. The second kappa shape index (κ2) is 7.52. The fraction of sp³-hybridized carbons (Fsp3) is 0.450. The lowest BCUT2D eigenvalue weighted by atomic mass is 9.87. The van der Waals surface area contributed by atoms with E-state index in [9.17, 15) is 5.11 Å². The first-order valence-corrected chi connectivity index (χ1v) is 9.46. The molecule has 2 aromatic heterocycles. The number of rotatable bonds is 6. The van der Waals surface area contributed by atoms with Crippen molar-refractivity contribution < 1.29 is 14.0 Å². The summed E-state index contributed by atoms with van der Waals surface area (Å²) in [6.45, 7) is 3.42. The van der Waals surface area contributed by atoms with Crippen LogP contribution in [-0.2, 0) is 12.8 Å². The standard InChI is InChI=1S/C20H24N4O3/c1-2-6-18-21-22-19(26-18)24-11-9-20(25,10-12-24)14-16-13-17(23-27-16)15-7-4-3-5-8-15/h3-5,7-8,13,25H,2,6,9-12,14H2,1H3. The Bertz CT molecular complexity index is 866. The normalized spacial score (nSPS) is 16.6. The van der Waals surface area contributed by atoms with E-state index in [1.807, 2.05) is 41.3 Å². The molecule has 3 aromatic rings. The van der Waals surface area contributed by atoms with E-state index >= 15 is 0 Å². The number of aliphatic hydroxyl groups is 1. The van der Waals surface area contributed by atoms with Crippen molar-refractivity contribution in [2.75, 3.05) is 18.0 Å². The molecule has 0 atom stereocenters. The molecule has 7 nitrogen and oxygen atoms in total. The third kappa shape index (κ3) is 4.03. The van der Waals surface area contributed by atoms with Gasteiger partial charge in [0.25, 0.3) is 0 Å². The van der Waals surface area contributed by atoms with Crippen LogP contribution in [0.25, 0.3) is 11.3 Å². The molecule has 27 heavy (non-hydrogen) atoms. The molecule has 0 aliphatic carbocycles. The molecule has 1 saturated heterocycles. The molecule has 0 spiro atoms. The molecule has 1 fully saturated rings. The van der Waals surface area contributed by atoms with Crippen molar-refractivity contribution in [1.29, 1.82) is 0 Å². The number of benzene rings is 1. The van der Waals surface area contributed by atoms with E-state index in [4.69, 9.17) is 8.94 Å². The highest BCUT2D eigenvalue weighted by molar-refractivity contribution is 5.58. The van der Waals surface area contributed by atoms with Gasteiger partial charge >= 0.3 is 6.01 Å². The van der Waals surface area contributed by atoms with E-state index in [0.717, 1.165) is 24.1 Å². The van der Waals surface area contributed by atoms with Crippen LogP contribution in [0.5, 0.6) is 0 Å². The van der Waals surface area contributed by atoms with E-state index in [1.54, 1.807) is 0 Å². The minimum Gasteiger partial charge on any atom is -0.408 e. The minimum atomic E-state index is -0.809.